The average Bonchev–Trinajstić information content (AvgIpc) is 1.81. The highest BCUT2D eigenvalue weighted by molar-refractivity contribution is 4.60. The van der Waals surface area contributed by atoms with E-state index < -0.39 is 0 Å². The van der Waals surface area contributed by atoms with E-state index in [2.05, 4.69) is 27.7 Å². The molecule has 0 fully saturated rings. The van der Waals surface area contributed by atoms with E-state index in [0.717, 1.165) is 6.61 Å². The van der Waals surface area contributed by atoms with Gasteiger partial charge in [-0.1, -0.05) is 6.92 Å². The first kappa shape index (κ1) is 9.92. The maximum absolute atomic E-state index is 5.50. The number of ether oxygens (including phenoxy) is 1. The van der Waals surface area contributed by atoms with E-state index in [1.807, 2.05) is 0 Å². The molecular weight excluding hydrogens is 126 g/mol. The first-order valence-electron chi connectivity index (χ1n) is 3.79. The van der Waals surface area contributed by atoms with Crippen molar-refractivity contribution in [3.63, 3.8) is 0 Å². The zero-order valence-electron chi connectivity index (χ0n) is 7.48. The molecule has 0 aliphatic carbocycles. The molecule has 0 aliphatic heterocycles. The van der Waals surface area contributed by atoms with Gasteiger partial charge in [-0.2, -0.15) is 0 Å². The molecule has 0 aromatic rings. The maximum atomic E-state index is 5.50. The Labute approximate surface area is 63.7 Å². The van der Waals surface area contributed by atoms with E-state index in [9.17, 15) is 0 Å². The van der Waals surface area contributed by atoms with Crippen LogP contribution in [-0.4, -0.2) is 18.8 Å². The molecular formula is C8H19NO. The molecule has 10 heavy (non-hydrogen) atoms. The van der Waals surface area contributed by atoms with Crippen molar-refractivity contribution in [3.05, 3.63) is 0 Å². The molecule has 1 atom stereocenters. The summed E-state index contributed by atoms with van der Waals surface area (Å²) in [7, 11) is 0. The second-order valence-electron chi connectivity index (χ2n) is 3.76. The van der Waals surface area contributed by atoms with Crippen LogP contribution in [0.25, 0.3) is 0 Å². The van der Waals surface area contributed by atoms with Crippen molar-refractivity contribution in [2.75, 3.05) is 13.2 Å². The van der Waals surface area contributed by atoms with E-state index in [1.165, 1.54) is 0 Å². The van der Waals surface area contributed by atoms with Crippen molar-refractivity contribution < 1.29 is 4.74 Å². The SMILES string of the molecule is C[C@H](CN)COC(C)(C)C. The summed E-state index contributed by atoms with van der Waals surface area (Å²) in [6, 6.07) is 0. The van der Waals surface area contributed by atoms with Gasteiger partial charge in [0.05, 0.1) is 12.2 Å². The molecule has 0 bridgehead atoms. The van der Waals surface area contributed by atoms with Crippen molar-refractivity contribution in [1.29, 1.82) is 0 Å². The molecule has 0 aliphatic rings. The first-order valence-corrected chi connectivity index (χ1v) is 3.79. The van der Waals surface area contributed by atoms with Crippen LogP contribution >= 0.6 is 0 Å². The number of hydrogen-bond donors (Lipinski definition) is 1. The quantitative estimate of drug-likeness (QED) is 0.651. The molecule has 2 nitrogen and oxygen atoms in total. The molecule has 2 heteroatoms. The minimum atomic E-state index is -0.0244. The van der Waals surface area contributed by atoms with Crippen molar-refractivity contribution in [3.8, 4) is 0 Å². The van der Waals surface area contributed by atoms with Gasteiger partial charge in [-0.05, 0) is 33.2 Å². The van der Waals surface area contributed by atoms with Crippen LogP contribution in [-0.2, 0) is 4.74 Å². The molecule has 0 radical (unpaired) electrons. The van der Waals surface area contributed by atoms with Crippen molar-refractivity contribution in [1.82, 2.24) is 0 Å². The fraction of sp³-hybridized carbons (Fsp3) is 1.00. The van der Waals surface area contributed by atoms with Gasteiger partial charge in [0.25, 0.3) is 0 Å². The Morgan fingerprint density at radius 2 is 1.90 bits per heavy atom. The van der Waals surface area contributed by atoms with Crippen LogP contribution in [0.4, 0.5) is 0 Å². The summed E-state index contributed by atoms with van der Waals surface area (Å²) in [5, 5.41) is 0. The highest BCUT2D eigenvalue weighted by Gasteiger charge is 2.11. The molecule has 0 aromatic heterocycles. The first-order chi connectivity index (χ1) is 4.45. The zero-order valence-corrected chi connectivity index (χ0v) is 7.48. The molecule has 0 spiro atoms. The predicted molar refractivity (Wildman–Crippen MR) is 43.9 cm³/mol. The fourth-order valence-corrected chi connectivity index (χ4v) is 0.460. The second kappa shape index (κ2) is 3.94. The van der Waals surface area contributed by atoms with Crippen LogP contribution in [0.2, 0.25) is 0 Å². The zero-order chi connectivity index (χ0) is 8.20. The minimum Gasteiger partial charge on any atom is -0.376 e. The van der Waals surface area contributed by atoms with Crippen molar-refractivity contribution in [2.45, 2.75) is 33.3 Å². The van der Waals surface area contributed by atoms with Gasteiger partial charge in [-0.15, -0.1) is 0 Å². The van der Waals surface area contributed by atoms with Gasteiger partial charge in [0.1, 0.15) is 0 Å². The predicted octanol–water partition coefficient (Wildman–Crippen LogP) is 1.40. The van der Waals surface area contributed by atoms with E-state index in [-0.39, 0.29) is 5.60 Å². The molecule has 0 saturated heterocycles. The van der Waals surface area contributed by atoms with Gasteiger partial charge in [0.2, 0.25) is 0 Å². The highest BCUT2D eigenvalue weighted by Crippen LogP contribution is 2.08. The topological polar surface area (TPSA) is 35.2 Å². The van der Waals surface area contributed by atoms with Crippen LogP contribution in [0.15, 0.2) is 0 Å². The third-order valence-corrected chi connectivity index (χ3v) is 1.20. The summed E-state index contributed by atoms with van der Waals surface area (Å²) in [4.78, 5) is 0. The van der Waals surface area contributed by atoms with Crippen LogP contribution in [0.3, 0.4) is 0 Å². The Balaban J connectivity index is 3.36. The Bertz CT molecular complexity index is 85.7. The lowest BCUT2D eigenvalue weighted by Gasteiger charge is -2.21. The summed E-state index contributed by atoms with van der Waals surface area (Å²) in [5.41, 5.74) is 5.40. The van der Waals surface area contributed by atoms with Gasteiger partial charge in [-0.3, -0.25) is 0 Å². The molecule has 0 rings (SSSR count). The number of nitrogens with two attached hydrogens (primary N) is 1. The Morgan fingerprint density at radius 1 is 1.40 bits per heavy atom. The summed E-state index contributed by atoms with van der Waals surface area (Å²) in [6.45, 7) is 9.71. The van der Waals surface area contributed by atoms with Crippen molar-refractivity contribution >= 4 is 0 Å². The molecule has 0 heterocycles. The average molecular weight is 145 g/mol. The van der Waals surface area contributed by atoms with E-state index in [1.54, 1.807) is 0 Å². The molecule has 0 saturated carbocycles. The smallest absolute Gasteiger partial charge is 0.0598 e. The highest BCUT2D eigenvalue weighted by atomic mass is 16.5. The Hall–Kier alpha value is -0.0800. The molecule has 0 amide bonds. The van der Waals surface area contributed by atoms with Crippen LogP contribution in [0.5, 0.6) is 0 Å². The molecule has 2 N–H and O–H groups in total. The number of hydrogen-bond acceptors (Lipinski definition) is 2. The van der Waals surface area contributed by atoms with Gasteiger partial charge < -0.3 is 10.5 Å². The van der Waals surface area contributed by atoms with Gasteiger partial charge in [-0.25, -0.2) is 0 Å². The molecule has 62 valence electrons. The lowest BCUT2D eigenvalue weighted by Crippen LogP contribution is -2.25. The fourth-order valence-electron chi connectivity index (χ4n) is 0.460. The Kier molecular flexibility index (Phi) is 3.91. The minimum absolute atomic E-state index is 0.0244. The van der Waals surface area contributed by atoms with Gasteiger partial charge in [0.15, 0.2) is 0 Å². The van der Waals surface area contributed by atoms with Crippen LogP contribution in [0.1, 0.15) is 27.7 Å². The molecule has 0 unspecified atom stereocenters. The van der Waals surface area contributed by atoms with Crippen LogP contribution in [0, 0.1) is 5.92 Å². The largest absolute Gasteiger partial charge is 0.376 e. The van der Waals surface area contributed by atoms with Gasteiger partial charge >= 0.3 is 0 Å². The third-order valence-electron chi connectivity index (χ3n) is 1.20. The Morgan fingerprint density at radius 3 is 2.20 bits per heavy atom. The monoisotopic (exact) mass is 145 g/mol. The molecule has 0 aromatic carbocycles. The van der Waals surface area contributed by atoms with Crippen molar-refractivity contribution in [2.24, 2.45) is 11.7 Å². The number of rotatable bonds is 3. The third kappa shape index (κ3) is 6.05. The second-order valence-corrected chi connectivity index (χ2v) is 3.76. The van der Waals surface area contributed by atoms with E-state index >= 15 is 0 Å². The summed E-state index contributed by atoms with van der Waals surface area (Å²) >= 11 is 0. The normalized spacial score (nSPS) is 15.3. The summed E-state index contributed by atoms with van der Waals surface area (Å²) in [6.07, 6.45) is 0. The van der Waals surface area contributed by atoms with E-state index in [4.69, 9.17) is 10.5 Å². The van der Waals surface area contributed by atoms with E-state index in [0.29, 0.717) is 12.5 Å². The maximum Gasteiger partial charge on any atom is 0.0598 e. The standard InChI is InChI=1S/C8H19NO/c1-7(5-9)6-10-8(2,3)4/h7H,5-6,9H2,1-4H3/t7-/m1/s1. The lowest BCUT2D eigenvalue weighted by molar-refractivity contribution is -0.0180. The van der Waals surface area contributed by atoms with Gasteiger partial charge in [0, 0.05) is 0 Å². The summed E-state index contributed by atoms with van der Waals surface area (Å²) in [5.74, 6) is 0.472. The summed E-state index contributed by atoms with van der Waals surface area (Å²) < 4.78 is 5.50. The lowest BCUT2D eigenvalue weighted by atomic mass is 10.1. The van der Waals surface area contributed by atoms with Crippen LogP contribution < -0.4 is 5.73 Å².